The zero-order valence-electron chi connectivity index (χ0n) is 7.51. The molecule has 0 aliphatic carbocycles. The number of benzene rings is 1. The van der Waals surface area contributed by atoms with Crippen LogP contribution in [0.15, 0.2) is 24.3 Å². The van der Waals surface area contributed by atoms with Gasteiger partial charge >= 0.3 is 0 Å². The van der Waals surface area contributed by atoms with E-state index >= 15 is 0 Å². The van der Waals surface area contributed by atoms with Gasteiger partial charge in [0.25, 0.3) is 0 Å². The molecule has 1 aromatic carbocycles. The summed E-state index contributed by atoms with van der Waals surface area (Å²) in [5, 5.41) is 4.52. The van der Waals surface area contributed by atoms with E-state index in [1.54, 1.807) is 18.2 Å². The lowest BCUT2D eigenvalue weighted by molar-refractivity contribution is 0.283. The lowest BCUT2D eigenvalue weighted by atomic mass is 10.1. The third kappa shape index (κ3) is 1.60. The number of hydrogen-bond donors (Lipinski definition) is 1. The minimum absolute atomic E-state index is 0.401. The normalized spacial score (nSPS) is 21.1. The first kappa shape index (κ1) is 9.48. The summed E-state index contributed by atoms with van der Waals surface area (Å²) in [4.78, 5) is 0. The second-order valence-corrected chi connectivity index (χ2v) is 5.00. The molecule has 2 rings (SSSR count). The summed E-state index contributed by atoms with van der Waals surface area (Å²) >= 11 is 0. The zero-order chi connectivity index (χ0) is 10.2. The maximum atomic E-state index is 11.3. The van der Waals surface area contributed by atoms with Crippen LogP contribution in [0.3, 0.4) is 0 Å². The Bertz CT molecular complexity index is 441. The van der Waals surface area contributed by atoms with Gasteiger partial charge in [0, 0.05) is 12.0 Å². The second kappa shape index (κ2) is 3.25. The molecular weight excluding hydrogens is 202 g/mol. The van der Waals surface area contributed by atoms with Crippen molar-refractivity contribution in [3.05, 3.63) is 29.8 Å². The van der Waals surface area contributed by atoms with Crippen molar-refractivity contribution < 1.29 is 13.2 Å². The Kier molecular flexibility index (Phi) is 2.20. The molecule has 0 spiro atoms. The van der Waals surface area contributed by atoms with Gasteiger partial charge in [0.05, 0.1) is 6.61 Å². The second-order valence-electron chi connectivity index (χ2n) is 3.25. The molecule has 1 heterocycles. The largest absolute Gasteiger partial charge is 0.493 e. The SMILES string of the molecule is NS(=O)(=O)[C@H]1CCOc2ccccc21. The molecule has 0 bridgehead atoms. The van der Waals surface area contributed by atoms with Gasteiger partial charge in [0.1, 0.15) is 11.0 Å². The van der Waals surface area contributed by atoms with E-state index in [-0.39, 0.29) is 0 Å². The molecule has 1 aliphatic heterocycles. The minimum atomic E-state index is -3.52. The van der Waals surface area contributed by atoms with E-state index in [0.29, 0.717) is 24.3 Å². The minimum Gasteiger partial charge on any atom is -0.493 e. The van der Waals surface area contributed by atoms with E-state index in [2.05, 4.69) is 0 Å². The van der Waals surface area contributed by atoms with Crippen molar-refractivity contribution in [3.63, 3.8) is 0 Å². The molecule has 0 saturated carbocycles. The van der Waals surface area contributed by atoms with Gasteiger partial charge in [-0.25, -0.2) is 13.6 Å². The highest BCUT2D eigenvalue weighted by Gasteiger charge is 2.29. The number of primary sulfonamides is 1. The Morgan fingerprint density at radius 1 is 1.36 bits per heavy atom. The molecule has 1 aliphatic rings. The van der Waals surface area contributed by atoms with Crippen LogP contribution in [0.2, 0.25) is 0 Å². The topological polar surface area (TPSA) is 69.4 Å². The molecule has 14 heavy (non-hydrogen) atoms. The molecule has 0 radical (unpaired) electrons. The van der Waals surface area contributed by atoms with E-state index in [1.165, 1.54) is 0 Å². The van der Waals surface area contributed by atoms with Gasteiger partial charge < -0.3 is 4.74 Å². The summed E-state index contributed by atoms with van der Waals surface area (Å²) in [6.07, 6.45) is 0.426. The molecule has 2 N–H and O–H groups in total. The highest BCUT2D eigenvalue weighted by Crippen LogP contribution is 2.35. The van der Waals surface area contributed by atoms with E-state index in [4.69, 9.17) is 9.88 Å². The number of hydrogen-bond acceptors (Lipinski definition) is 3. The van der Waals surface area contributed by atoms with E-state index in [0.717, 1.165) is 0 Å². The Hall–Kier alpha value is -1.07. The number of nitrogens with two attached hydrogens (primary N) is 1. The fourth-order valence-electron chi connectivity index (χ4n) is 1.65. The quantitative estimate of drug-likeness (QED) is 0.750. The number of sulfonamides is 1. The fourth-order valence-corrected chi connectivity index (χ4v) is 2.62. The number of rotatable bonds is 1. The molecule has 0 amide bonds. The first-order valence-electron chi connectivity index (χ1n) is 4.32. The maximum absolute atomic E-state index is 11.3. The van der Waals surface area contributed by atoms with Crippen LogP contribution in [0, 0.1) is 0 Å². The van der Waals surface area contributed by atoms with Gasteiger partial charge in [0.15, 0.2) is 0 Å². The average molecular weight is 213 g/mol. The standard InChI is InChI=1S/C9H11NO3S/c10-14(11,12)9-5-6-13-8-4-2-1-3-7(8)9/h1-4,9H,5-6H2,(H2,10,11,12)/t9-/m0/s1. The molecule has 1 atom stereocenters. The molecule has 5 heteroatoms. The van der Waals surface area contributed by atoms with E-state index in [9.17, 15) is 8.42 Å². The molecule has 0 unspecified atom stereocenters. The summed E-state index contributed by atoms with van der Waals surface area (Å²) in [7, 11) is -3.52. The summed E-state index contributed by atoms with van der Waals surface area (Å²) in [6, 6.07) is 7.09. The lowest BCUT2D eigenvalue weighted by Gasteiger charge is -2.23. The van der Waals surface area contributed by atoms with Crippen molar-refractivity contribution in [1.29, 1.82) is 0 Å². The van der Waals surface area contributed by atoms with E-state index < -0.39 is 15.3 Å². The van der Waals surface area contributed by atoms with Crippen molar-refractivity contribution in [2.45, 2.75) is 11.7 Å². The highest BCUT2D eigenvalue weighted by molar-refractivity contribution is 7.89. The zero-order valence-corrected chi connectivity index (χ0v) is 8.33. The van der Waals surface area contributed by atoms with Gasteiger partial charge in [-0.15, -0.1) is 0 Å². The smallest absolute Gasteiger partial charge is 0.216 e. The van der Waals surface area contributed by atoms with Crippen LogP contribution >= 0.6 is 0 Å². The molecule has 0 saturated heterocycles. The number of fused-ring (bicyclic) bond motifs is 1. The molecule has 1 aromatic rings. The molecule has 0 fully saturated rings. The van der Waals surface area contributed by atoms with Crippen molar-refractivity contribution >= 4 is 10.0 Å². The van der Waals surface area contributed by atoms with Crippen molar-refractivity contribution in [2.75, 3.05) is 6.61 Å². The molecule has 76 valence electrons. The van der Waals surface area contributed by atoms with Gasteiger partial charge in [-0.1, -0.05) is 18.2 Å². The van der Waals surface area contributed by atoms with Crippen LogP contribution in [0.1, 0.15) is 17.2 Å². The van der Waals surface area contributed by atoms with Crippen LogP contribution < -0.4 is 9.88 Å². The van der Waals surface area contributed by atoms with E-state index in [1.807, 2.05) is 6.07 Å². The first-order valence-corrected chi connectivity index (χ1v) is 5.93. The van der Waals surface area contributed by atoms with Gasteiger partial charge in [-0.05, 0) is 6.07 Å². The lowest BCUT2D eigenvalue weighted by Crippen LogP contribution is -2.26. The monoisotopic (exact) mass is 213 g/mol. The van der Waals surface area contributed by atoms with Gasteiger partial charge in [-0.3, -0.25) is 0 Å². The predicted molar refractivity (Wildman–Crippen MR) is 52.4 cm³/mol. The highest BCUT2D eigenvalue weighted by atomic mass is 32.2. The summed E-state index contributed by atoms with van der Waals surface area (Å²) < 4.78 is 27.9. The van der Waals surface area contributed by atoms with Crippen molar-refractivity contribution in [3.8, 4) is 5.75 Å². The van der Waals surface area contributed by atoms with Crippen LogP contribution in [-0.4, -0.2) is 15.0 Å². The first-order chi connectivity index (χ1) is 6.59. The van der Waals surface area contributed by atoms with Crippen LogP contribution in [0.4, 0.5) is 0 Å². The Balaban J connectivity index is 2.51. The molecular formula is C9H11NO3S. The van der Waals surface area contributed by atoms with Crippen LogP contribution in [0.5, 0.6) is 5.75 Å². The fraction of sp³-hybridized carbons (Fsp3) is 0.333. The molecule has 4 nitrogen and oxygen atoms in total. The average Bonchev–Trinajstić information content (AvgIpc) is 2.15. The predicted octanol–water partition coefficient (Wildman–Crippen LogP) is 0.799. The van der Waals surface area contributed by atoms with Crippen molar-refractivity contribution in [1.82, 2.24) is 0 Å². The Labute approximate surface area is 82.7 Å². The summed E-state index contributed by atoms with van der Waals surface area (Å²) in [5.41, 5.74) is 0.668. The third-order valence-corrected chi connectivity index (χ3v) is 3.58. The van der Waals surface area contributed by atoms with Crippen LogP contribution in [0.25, 0.3) is 0 Å². The van der Waals surface area contributed by atoms with Crippen molar-refractivity contribution in [2.24, 2.45) is 5.14 Å². The summed E-state index contributed by atoms with van der Waals surface area (Å²) in [5.74, 6) is 0.623. The Morgan fingerprint density at radius 2 is 2.07 bits per heavy atom. The maximum Gasteiger partial charge on any atom is 0.216 e. The summed E-state index contributed by atoms with van der Waals surface area (Å²) in [6.45, 7) is 0.401. The number of ether oxygens (including phenoxy) is 1. The Morgan fingerprint density at radius 3 is 2.79 bits per heavy atom. The van der Waals surface area contributed by atoms with Gasteiger partial charge in [0.2, 0.25) is 10.0 Å². The van der Waals surface area contributed by atoms with Gasteiger partial charge in [-0.2, -0.15) is 0 Å². The van der Waals surface area contributed by atoms with Crippen LogP contribution in [-0.2, 0) is 10.0 Å². The third-order valence-electron chi connectivity index (χ3n) is 2.30. The number of para-hydroxylation sites is 1. The molecule has 0 aromatic heterocycles.